The number of thioether (sulfide) groups is 1. The smallest absolute Gasteiger partial charge is 0.238 e. The van der Waals surface area contributed by atoms with Gasteiger partial charge in [0.2, 0.25) is 11.8 Å². The first-order chi connectivity index (χ1) is 14.0. The molecule has 2 amide bonds. The van der Waals surface area contributed by atoms with Gasteiger partial charge in [0.1, 0.15) is 0 Å². The molecule has 0 radical (unpaired) electrons. The van der Waals surface area contributed by atoms with Gasteiger partial charge in [-0.3, -0.25) is 14.5 Å². The molecular formula is C23H31N3O2S. The molecule has 0 heterocycles. The summed E-state index contributed by atoms with van der Waals surface area (Å²) < 4.78 is 0. The molecule has 29 heavy (non-hydrogen) atoms. The Balaban J connectivity index is 1.94. The monoisotopic (exact) mass is 413 g/mol. The molecule has 0 unspecified atom stereocenters. The third-order valence-corrected chi connectivity index (χ3v) is 5.71. The van der Waals surface area contributed by atoms with Crippen LogP contribution in [0.1, 0.15) is 38.3 Å². The van der Waals surface area contributed by atoms with Gasteiger partial charge in [-0.25, -0.2) is 0 Å². The van der Waals surface area contributed by atoms with E-state index >= 15 is 0 Å². The van der Waals surface area contributed by atoms with Crippen LogP contribution in [0.3, 0.4) is 0 Å². The summed E-state index contributed by atoms with van der Waals surface area (Å²) in [5.41, 5.74) is 1.89. The number of nitrogens with zero attached hydrogens (tertiary/aromatic N) is 1. The Kier molecular flexibility index (Phi) is 9.22. The summed E-state index contributed by atoms with van der Waals surface area (Å²) in [6.45, 7) is 4.07. The van der Waals surface area contributed by atoms with Crippen LogP contribution in [-0.4, -0.2) is 42.6 Å². The van der Waals surface area contributed by atoms with Crippen molar-refractivity contribution < 1.29 is 9.59 Å². The van der Waals surface area contributed by atoms with Crippen molar-refractivity contribution in [2.24, 2.45) is 0 Å². The van der Waals surface area contributed by atoms with E-state index in [4.69, 9.17) is 0 Å². The molecule has 2 rings (SSSR count). The number of carbonyl (C=O) groups is 2. The fourth-order valence-electron chi connectivity index (χ4n) is 3.09. The molecule has 0 spiro atoms. The van der Waals surface area contributed by atoms with Crippen LogP contribution in [0.2, 0.25) is 0 Å². The number of likely N-dealkylation sites (N-methyl/N-ethyl adjacent to an activating group) is 1. The third kappa shape index (κ3) is 6.91. The minimum atomic E-state index is -0.417. The van der Waals surface area contributed by atoms with Crippen molar-refractivity contribution in [2.75, 3.05) is 25.2 Å². The molecule has 2 aromatic carbocycles. The van der Waals surface area contributed by atoms with E-state index in [9.17, 15) is 9.59 Å². The molecule has 0 aliphatic heterocycles. The highest BCUT2D eigenvalue weighted by Gasteiger charge is 2.23. The van der Waals surface area contributed by atoms with E-state index in [1.165, 1.54) is 0 Å². The number of carbonyl (C=O) groups excluding carboxylic acids is 2. The van der Waals surface area contributed by atoms with Crippen molar-refractivity contribution in [1.29, 1.82) is 0 Å². The average Bonchev–Trinajstić information content (AvgIpc) is 2.73. The van der Waals surface area contributed by atoms with Gasteiger partial charge in [0.15, 0.2) is 0 Å². The largest absolute Gasteiger partial charge is 0.348 e. The number of benzene rings is 2. The molecular weight excluding hydrogens is 382 g/mol. The summed E-state index contributed by atoms with van der Waals surface area (Å²) in [5.74, 6) is -0.214. The second-order valence-corrected chi connectivity index (χ2v) is 7.95. The molecule has 2 aromatic rings. The van der Waals surface area contributed by atoms with Crippen LogP contribution < -0.4 is 10.6 Å². The number of anilines is 1. The number of hydrogen-bond donors (Lipinski definition) is 2. The average molecular weight is 414 g/mol. The summed E-state index contributed by atoms with van der Waals surface area (Å²) >= 11 is 1.58. The van der Waals surface area contributed by atoms with Crippen LogP contribution in [0, 0.1) is 0 Å². The standard InChI is InChI=1S/C23H31N3O2S/c1-5-11-19(18-12-7-6-8-13-18)25-23(28)17(2)26(3)16-22(27)24-20-14-9-10-15-21(20)29-4/h6-10,12-15,17,19H,5,11,16H2,1-4H3,(H,24,27)(H,25,28)/t17-,19+/m1/s1. The summed E-state index contributed by atoms with van der Waals surface area (Å²) in [6.07, 6.45) is 3.82. The van der Waals surface area contributed by atoms with Gasteiger partial charge in [-0.15, -0.1) is 11.8 Å². The van der Waals surface area contributed by atoms with Gasteiger partial charge in [0.05, 0.1) is 24.3 Å². The fourth-order valence-corrected chi connectivity index (χ4v) is 3.64. The minimum absolute atomic E-state index is 0.0215. The molecule has 0 saturated heterocycles. The molecule has 0 aliphatic rings. The lowest BCUT2D eigenvalue weighted by molar-refractivity contribution is -0.127. The predicted molar refractivity (Wildman–Crippen MR) is 121 cm³/mol. The molecule has 0 bridgehead atoms. The summed E-state index contributed by atoms with van der Waals surface area (Å²) in [5, 5.41) is 6.08. The Morgan fingerprint density at radius 2 is 1.72 bits per heavy atom. The Bertz CT molecular complexity index is 798. The van der Waals surface area contributed by atoms with Crippen molar-refractivity contribution in [1.82, 2.24) is 10.2 Å². The molecule has 0 saturated carbocycles. The van der Waals surface area contributed by atoms with Gasteiger partial charge in [0, 0.05) is 4.90 Å². The van der Waals surface area contributed by atoms with Crippen molar-refractivity contribution in [3.63, 3.8) is 0 Å². The lowest BCUT2D eigenvalue weighted by Gasteiger charge is -2.26. The maximum Gasteiger partial charge on any atom is 0.238 e. The third-order valence-electron chi connectivity index (χ3n) is 4.91. The van der Waals surface area contributed by atoms with Crippen LogP contribution >= 0.6 is 11.8 Å². The molecule has 6 heteroatoms. The minimum Gasteiger partial charge on any atom is -0.348 e. The second-order valence-electron chi connectivity index (χ2n) is 7.10. The van der Waals surface area contributed by atoms with Gasteiger partial charge in [0.25, 0.3) is 0 Å². The first kappa shape index (κ1) is 23.0. The highest BCUT2D eigenvalue weighted by atomic mass is 32.2. The van der Waals surface area contributed by atoms with E-state index in [2.05, 4.69) is 17.6 Å². The second kappa shape index (κ2) is 11.6. The molecule has 2 N–H and O–H groups in total. The molecule has 0 aromatic heterocycles. The van der Waals surface area contributed by atoms with E-state index in [0.29, 0.717) is 0 Å². The molecule has 0 aliphatic carbocycles. The fraction of sp³-hybridized carbons (Fsp3) is 0.391. The number of nitrogens with one attached hydrogen (secondary N) is 2. The molecule has 2 atom stereocenters. The lowest BCUT2D eigenvalue weighted by atomic mass is 10.0. The van der Waals surface area contributed by atoms with Crippen LogP contribution in [0.15, 0.2) is 59.5 Å². The van der Waals surface area contributed by atoms with E-state index in [1.807, 2.05) is 67.8 Å². The van der Waals surface area contributed by atoms with Gasteiger partial charge in [-0.2, -0.15) is 0 Å². The Morgan fingerprint density at radius 3 is 2.38 bits per heavy atom. The van der Waals surface area contributed by atoms with Gasteiger partial charge in [-0.05, 0) is 44.3 Å². The highest BCUT2D eigenvalue weighted by molar-refractivity contribution is 7.98. The topological polar surface area (TPSA) is 61.4 Å². The maximum absolute atomic E-state index is 12.8. The zero-order valence-corrected chi connectivity index (χ0v) is 18.5. The maximum atomic E-state index is 12.8. The van der Waals surface area contributed by atoms with Gasteiger partial charge < -0.3 is 10.6 Å². The first-order valence-corrected chi connectivity index (χ1v) is 11.2. The Morgan fingerprint density at radius 1 is 1.07 bits per heavy atom. The lowest BCUT2D eigenvalue weighted by Crippen LogP contribution is -2.46. The van der Waals surface area contributed by atoms with Crippen LogP contribution in [0.5, 0.6) is 0 Å². The van der Waals surface area contributed by atoms with Gasteiger partial charge >= 0.3 is 0 Å². The number of amides is 2. The Labute approximate surface area is 178 Å². The van der Waals surface area contributed by atoms with E-state index < -0.39 is 6.04 Å². The first-order valence-electron chi connectivity index (χ1n) is 9.94. The quantitative estimate of drug-likeness (QED) is 0.569. The zero-order chi connectivity index (χ0) is 21.2. The molecule has 5 nitrogen and oxygen atoms in total. The molecule has 0 fully saturated rings. The van der Waals surface area contributed by atoms with Gasteiger partial charge in [-0.1, -0.05) is 55.8 Å². The van der Waals surface area contributed by atoms with Crippen molar-refractivity contribution in [3.8, 4) is 0 Å². The van der Waals surface area contributed by atoms with Crippen molar-refractivity contribution in [3.05, 3.63) is 60.2 Å². The predicted octanol–water partition coefficient (Wildman–Crippen LogP) is 4.32. The van der Waals surface area contributed by atoms with Crippen LogP contribution in [0.4, 0.5) is 5.69 Å². The Hall–Kier alpha value is -2.31. The normalized spacial score (nSPS) is 13.0. The van der Waals surface area contributed by atoms with Crippen molar-refractivity contribution in [2.45, 2.75) is 43.7 Å². The zero-order valence-electron chi connectivity index (χ0n) is 17.6. The highest BCUT2D eigenvalue weighted by Crippen LogP contribution is 2.24. The molecule has 156 valence electrons. The summed E-state index contributed by atoms with van der Waals surface area (Å²) in [4.78, 5) is 28.0. The van der Waals surface area contributed by atoms with Crippen LogP contribution in [0.25, 0.3) is 0 Å². The number of para-hydroxylation sites is 1. The number of hydrogen-bond acceptors (Lipinski definition) is 4. The van der Waals surface area contributed by atoms with Crippen LogP contribution in [-0.2, 0) is 9.59 Å². The van der Waals surface area contributed by atoms with E-state index in [-0.39, 0.29) is 24.4 Å². The summed E-state index contributed by atoms with van der Waals surface area (Å²) in [7, 11) is 1.79. The summed E-state index contributed by atoms with van der Waals surface area (Å²) in [6, 6.07) is 17.3. The van der Waals surface area contributed by atoms with Crippen molar-refractivity contribution >= 4 is 29.3 Å². The SMILES string of the molecule is CCC[C@H](NC(=O)[C@@H](C)N(C)CC(=O)Nc1ccccc1SC)c1ccccc1. The van der Waals surface area contributed by atoms with E-state index in [1.54, 1.807) is 23.7 Å². The number of rotatable bonds is 10. The van der Waals surface area contributed by atoms with E-state index in [0.717, 1.165) is 29.0 Å².